The molecule has 0 spiro atoms. The van der Waals surface area contributed by atoms with Gasteiger partial charge in [0.25, 0.3) is 0 Å². The topological polar surface area (TPSA) is 46.2 Å². The summed E-state index contributed by atoms with van der Waals surface area (Å²) >= 11 is 0. The number of hydrogen-bond acceptors (Lipinski definition) is 2. The van der Waals surface area contributed by atoms with Crippen LogP contribution in [0.3, 0.4) is 0 Å². The number of rotatable bonds is 3. The molecule has 0 saturated carbocycles. The molecule has 0 fully saturated rings. The van der Waals surface area contributed by atoms with Gasteiger partial charge in [-0.05, 0) is 19.9 Å². The van der Waals surface area contributed by atoms with Gasteiger partial charge < -0.3 is 10.8 Å². The molecule has 2 nitrogen and oxygen atoms in total. The van der Waals surface area contributed by atoms with E-state index in [1.54, 1.807) is 6.08 Å². The van der Waals surface area contributed by atoms with Gasteiger partial charge in [-0.1, -0.05) is 12.2 Å². The van der Waals surface area contributed by atoms with Crippen molar-refractivity contribution in [2.24, 2.45) is 5.73 Å². The summed E-state index contributed by atoms with van der Waals surface area (Å²) in [5, 5.41) is 8.88. The van der Waals surface area contributed by atoms with Gasteiger partial charge in [0, 0.05) is 0 Å². The van der Waals surface area contributed by atoms with E-state index in [1.165, 1.54) is 0 Å². The monoisotopic (exact) mass is 115 g/mol. The Balaban J connectivity index is 3.17. The minimum atomic E-state index is -0.343. The highest BCUT2D eigenvalue weighted by Gasteiger charge is 1.92. The maximum atomic E-state index is 8.88. The fourth-order valence-electron chi connectivity index (χ4n) is 0.489. The molecule has 0 aliphatic rings. The third-order valence-corrected chi connectivity index (χ3v) is 0.877. The van der Waals surface area contributed by atoms with E-state index in [2.05, 4.69) is 0 Å². The molecular weight excluding hydrogens is 102 g/mol. The van der Waals surface area contributed by atoms with Crippen LogP contribution < -0.4 is 5.73 Å². The van der Waals surface area contributed by atoms with Crippen molar-refractivity contribution in [2.75, 3.05) is 6.54 Å². The minimum absolute atomic E-state index is 0.343. The van der Waals surface area contributed by atoms with Crippen molar-refractivity contribution >= 4 is 0 Å². The molecule has 3 N–H and O–H groups in total. The Morgan fingerprint density at radius 3 is 2.75 bits per heavy atom. The number of nitrogens with two attached hydrogens (primary N) is 1. The highest BCUT2D eigenvalue weighted by Crippen LogP contribution is 1.89. The van der Waals surface area contributed by atoms with E-state index in [0.29, 0.717) is 13.0 Å². The summed E-state index contributed by atoms with van der Waals surface area (Å²) in [6.07, 6.45) is 3.86. The first kappa shape index (κ1) is 7.66. The summed E-state index contributed by atoms with van der Waals surface area (Å²) < 4.78 is 0. The molecule has 0 heterocycles. The summed E-state index contributed by atoms with van der Waals surface area (Å²) in [5.41, 5.74) is 5.17. The quantitative estimate of drug-likeness (QED) is 0.519. The molecule has 8 heavy (non-hydrogen) atoms. The highest BCUT2D eigenvalue weighted by atomic mass is 16.3. The lowest BCUT2D eigenvalue weighted by atomic mass is 10.2. The molecular formula is C6H13NO. The van der Waals surface area contributed by atoms with E-state index in [4.69, 9.17) is 10.8 Å². The Bertz CT molecular complexity index is 70.9. The molecule has 1 unspecified atom stereocenters. The summed E-state index contributed by atoms with van der Waals surface area (Å²) in [4.78, 5) is 0. The third kappa shape index (κ3) is 3.84. The Hall–Kier alpha value is -0.340. The van der Waals surface area contributed by atoms with Crippen molar-refractivity contribution in [3.8, 4) is 0 Å². The molecule has 0 bridgehead atoms. The van der Waals surface area contributed by atoms with Crippen molar-refractivity contribution < 1.29 is 5.11 Å². The van der Waals surface area contributed by atoms with Gasteiger partial charge in [0.05, 0.1) is 6.10 Å². The second kappa shape index (κ2) is 4.81. The number of aliphatic hydroxyl groups is 1. The fraction of sp³-hybridized carbons (Fsp3) is 0.667. The summed E-state index contributed by atoms with van der Waals surface area (Å²) in [6.45, 7) is 2.42. The van der Waals surface area contributed by atoms with E-state index < -0.39 is 0 Å². The van der Waals surface area contributed by atoms with Crippen LogP contribution in [0.25, 0.3) is 0 Å². The zero-order valence-corrected chi connectivity index (χ0v) is 5.17. The highest BCUT2D eigenvalue weighted by molar-refractivity contribution is 4.84. The first-order chi connectivity index (χ1) is 3.81. The standard InChI is InChI=1S/C6H13NO/c1-2-3-6(8)4-5-7/h2-3,6,8H,4-5,7H2,1H3. The number of hydrogen-bond donors (Lipinski definition) is 2. The number of aliphatic hydroxyl groups excluding tert-OH is 1. The van der Waals surface area contributed by atoms with E-state index in [1.807, 2.05) is 13.0 Å². The van der Waals surface area contributed by atoms with Crippen molar-refractivity contribution in [1.82, 2.24) is 0 Å². The number of allylic oxidation sites excluding steroid dienone is 1. The predicted octanol–water partition coefficient (Wildman–Crippen LogP) is 0.272. The normalized spacial score (nSPS) is 14.9. The van der Waals surface area contributed by atoms with Crippen LogP contribution in [0, 0.1) is 0 Å². The molecule has 0 aromatic rings. The lowest BCUT2D eigenvalue weighted by Crippen LogP contribution is -2.10. The molecule has 0 radical (unpaired) electrons. The Morgan fingerprint density at radius 1 is 1.75 bits per heavy atom. The van der Waals surface area contributed by atoms with Crippen LogP contribution in [-0.2, 0) is 0 Å². The molecule has 1 atom stereocenters. The van der Waals surface area contributed by atoms with Gasteiger partial charge >= 0.3 is 0 Å². The van der Waals surface area contributed by atoms with Crippen LogP contribution >= 0.6 is 0 Å². The lowest BCUT2D eigenvalue weighted by Gasteiger charge is -1.99. The maximum Gasteiger partial charge on any atom is 0.0732 e. The van der Waals surface area contributed by atoms with Crippen molar-refractivity contribution in [3.63, 3.8) is 0 Å². The average molecular weight is 115 g/mol. The third-order valence-electron chi connectivity index (χ3n) is 0.877. The maximum absolute atomic E-state index is 8.88. The molecule has 0 aliphatic heterocycles. The minimum Gasteiger partial charge on any atom is -0.389 e. The second-order valence-corrected chi connectivity index (χ2v) is 1.67. The molecule has 0 rings (SSSR count). The van der Waals surface area contributed by atoms with Crippen molar-refractivity contribution in [2.45, 2.75) is 19.4 Å². The van der Waals surface area contributed by atoms with Crippen molar-refractivity contribution in [1.29, 1.82) is 0 Å². The van der Waals surface area contributed by atoms with E-state index in [0.717, 1.165) is 0 Å². The summed E-state index contributed by atoms with van der Waals surface area (Å²) in [6, 6.07) is 0. The summed E-state index contributed by atoms with van der Waals surface area (Å²) in [5.74, 6) is 0. The van der Waals surface area contributed by atoms with E-state index >= 15 is 0 Å². The van der Waals surface area contributed by atoms with Gasteiger partial charge in [0.2, 0.25) is 0 Å². The molecule has 2 heteroatoms. The van der Waals surface area contributed by atoms with Crippen LogP contribution in [-0.4, -0.2) is 17.8 Å². The molecule has 0 aliphatic carbocycles. The Labute approximate surface area is 50.0 Å². The van der Waals surface area contributed by atoms with Crippen LogP contribution in [0.2, 0.25) is 0 Å². The average Bonchev–Trinajstić information content (AvgIpc) is 1.68. The first-order valence-electron chi connectivity index (χ1n) is 2.82. The van der Waals surface area contributed by atoms with Crippen LogP contribution in [0.5, 0.6) is 0 Å². The molecule has 48 valence electrons. The predicted molar refractivity (Wildman–Crippen MR) is 34.5 cm³/mol. The Kier molecular flexibility index (Phi) is 4.61. The zero-order chi connectivity index (χ0) is 6.41. The SMILES string of the molecule is CC=CC(O)CCN. The lowest BCUT2D eigenvalue weighted by molar-refractivity contribution is 0.215. The smallest absolute Gasteiger partial charge is 0.0732 e. The van der Waals surface area contributed by atoms with Gasteiger partial charge in [-0.15, -0.1) is 0 Å². The second-order valence-electron chi connectivity index (χ2n) is 1.67. The largest absolute Gasteiger partial charge is 0.389 e. The van der Waals surface area contributed by atoms with Crippen molar-refractivity contribution in [3.05, 3.63) is 12.2 Å². The van der Waals surface area contributed by atoms with Gasteiger partial charge in [-0.2, -0.15) is 0 Å². The van der Waals surface area contributed by atoms with Crippen LogP contribution in [0.4, 0.5) is 0 Å². The van der Waals surface area contributed by atoms with Gasteiger partial charge in [-0.25, -0.2) is 0 Å². The zero-order valence-electron chi connectivity index (χ0n) is 5.17. The fourth-order valence-corrected chi connectivity index (χ4v) is 0.489. The van der Waals surface area contributed by atoms with Gasteiger partial charge in [0.1, 0.15) is 0 Å². The summed E-state index contributed by atoms with van der Waals surface area (Å²) in [7, 11) is 0. The van der Waals surface area contributed by atoms with E-state index in [-0.39, 0.29) is 6.10 Å². The van der Waals surface area contributed by atoms with Gasteiger partial charge in [-0.3, -0.25) is 0 Å². The molecule has 0 amide bonds. The van der Waals surface area contributed by atoms with Gasteiger partial charge in [0.15, 0.2) is 0 Å². The van der Waals surface area contributed by atoms with Crippen LogP contribution in [0.1, 0.15) is 13.3 Å². The molecule has 0 saturated heterocycles. The first-order valence-corrected chi connectivity index (χ1v) is 2.82. The van der Waals surface area contributed by atoms with E-state index in [9.17, 15) is 0 Å². The molecule has 0 aromatic carbocycles. The van der Waals surface area contributed by atoms with Crippen LogP contribution in [0.15, 0.2) is 12.2 Å². The Morgan fingerprint density at radius 2 is 2.38 bits per heavy atom. The molecule has 0 aromatic heterocycles.